The van der Waals surface area contributed by atoms with Crippen LogP contribution in [0.15, 0.2) is 42.7 Å². The average molecular weight is 501 g/mol. The van der Waals surface area contributed by atoms with Crippen LogP contribution in [0.1, 0.15) is 53.5 Å². The Balaban J connectivity index is 1.33. The Bertz CT molecular complexity index is 1340. The summed E-state index contributed by atoms with van der Waals surface area (Å²) in [5.74, 6) is 0.346. The molecule has 1 saturated heterocycles. The van der Waals surface area contributed by atoms with Gasteiger partial charge >= 0.3 is 0 Å². The maximum Gasteiger partial charge on any atom is 0.270 e. The van der Waals surface area contributed by atoms with Crippen LogP contribution in [0.2, 0.25) is 0 Å². The van der Waals surface area contributed by atoms with Gasteiger partial charge in [-0.3, -0.25) is 14.3 Å². The Morgan fingerprint density at radius 1 is 1.16 bits per heavy atom. The minimum Gasteiger partial charge on any atom is -0.347 e. The number of nitrogens with zero attached hydrogens (tertiary/aromatic N) is 4. The second-order valence-corrected chi connectivity index (χ2v) is 10.7. The van der Waals surface area contributed by atoms with Crippen molar-refractivity contribution in [1.29, 1.82) is 0 Å². The predicted molar refractivity (Wildman–Crippen MR) is 144 cm³/mol. The first-order valence-corrected chi connectivity index (χ1v) is 13.1. The first kappa shape index (κ1) is 25.1. The summed E-state index contributed by atoms with van der Waals surface area (Å²) in [6.45, 7) is 7.06. The summed E-state index contributed by atoms with van der Waals surface area (Å²) in [5, 5.41) is 10.6. The molecule has 2 atom stereocenters. The van der Waals surface area contributed by atoms with Gasteiger partial charge in [0.25, 0.3) is 5.91 Å². The number of carbonyl (C=O) groups is 2. The summed E-state index contributed by atoms with van der Waals surface area (Å²) in [4.78, 5) is 33.3. The van der Waals surface area contributed by atoms with E-state index in [2.05, 4.69) is 45.8 Å². The molecule has 2 aromatic heterocycles. The molecule has 0 radical (unpaired) electrons. The molecular weight excluding hydrogens is 464 g/mol. The van der Waals surface area contributed by atoms with E-state index in [9.17, 15) is 9.59 Å². The number of carbonyl (C=O) groups excluding carboxylic acids is 2. The van der Waals surface area contributed by atoms with Gasteiger partial charge < -0.3 is 15.5 Å². The molecule has 2 fully saturated rings. The highest BCUT2D eigenvalue weighted by molar-refractivity contribution is 6.02. The van der Waals surface area contributed by atoms with Gasteiger partial charge in [0.2, 0.25) is 5.91 Å². The number of hydrogen-bond donors (Lipinski definition) is 2. The molecule has 8 nitrogen and oxygen atoms in total. The molecule has 3 aromatic rings. The van der Waals surface area contributed by atoms with Crippen LogP contribution in [0.25, 0.3) is 11.1 Å². The van der Waals surface area contributed by atoms with E-state index in [1.54, 1.807) is 10.7 Å². The molecule has 1 aliphatic heterocycles. The maximum atomic E-state index is 13.8. The summed E-state index contributed by atoms with van der Waals surface area (Å²) in [5.41, 5.74) is 5.65. The van der Waals surface area contributed by atoms with Gasteiger partial charge in [-0.15, -0.1) is 0 Å². The van der Waals surface area contributed by atoms with E-state index < -0.39 is 0 Å². The van der Waals surface area contributed by atoms with Gasteiger partial charge in [-0.2, -0.15) is 5.10 Å². The van der Waals surface area contributed by atoms with Crippen LogP contribution in [-0.2, 0) is 18.4 Å². The number of hydrogen-bond acceptors (Lipinski definition) is 5. The van der Waals surface area contributed by atoms with E-state index in [1.807, 2.05) is 51.3 Å². The van der Waals surface area contributed by atoms with E-state index in [-0.39, 0.29) is 23.3 Å². The fraction of sp³-hybridized carbons (Fsp3) is 0.448. The van der Waals surface area contributed by atoms with Gasteiger partial charge in [0.05, 0.1) is 11.6 Å². The summed E-state index contributed by atoms with van der Waals surface area (Å²) in [7, 11) is 3.82. The normalized spacial score (nSPS) is 20.4. The molecule has 8 heteroatoms. The van der Waals surface area contributed by atoms with E-state index in [4.69, 9.17) is 0 Å². The molecule has 3 heterocycles. The third-order valence-corrected chi connectivity index (χ3v) is 8.01. The smallest absolute Gasteiger partial charge is 0.270 e. The first-order valence-electron chi connectivity index (χ1n) is 13.1. The van der Waals surface area contributed by atoms with Crippen LogP contribution >= 0.6 is 0 Å². The van der Waals surface area contributed by atoms with Crippen molar-refractivity contribution in [2.24, 2.45) is 18.4 Å². The molecular formula is C29H36N6O2. The number of amides is 2. The molecule has 1 unspecified atom stereocenters. The van der Waals surface area contributed by atoms with Gasteiger partial charge in [0.1, 0.15) is 5.69 Å². The number of aromatic nitrogens is 3. The van der Waals surface area contributed by atoms with E-state index in [0.717, 1.165) is 52.9 Å². The van der Waals surface area contributed by atoms with E-state index in [0.29, 0.717) is 24.7 Å². The molecule has 2 aliphatic rings. The van der Waals surface area contributed by atoms with Gasteiger partial charge in [-0.1, -0.05) is 17.7 Å². The van der Waals surface area contributed by atoms with Gasteiger partial charge in [-0.05, 0) is 82.3 Å². The Labute approximate surface area is 218 Å². The fourth-order valence-corrected chi connectivity index (χ4v) is 5.89. The number of pyridine rings is 1. The summed E-state index contributed by atoms with van der Waals surface area (Å²) in [6.07, 6.45) is 6.86. The molecule has 0 bridgehead atoms. The van der Waals surface area contributed by atoms with E-state index in [1.165, 1.54) is 0 Å². The topological polar surface area (TPSA) is 92.2 Å². The van der Waals surface area contributed by atoms with Gasteiger partial charge in [0, 0.05) is 49.3 Å². The number of rotatable bonds is 8. The number of nitrogens with one attached hydrogen (secondary N) is 2. The van der Waals surface area contributed by atoms with Crippen molar-refractivity contribution in [3.05, 3.63) is 65.2 Å². The summed E-state index contributed by atoms with van der Waals surface area (Å²) >= 11 is 0. The largest absolute Gasteiger partial charge is 0.347 e. The second kappa shape index (κ2) is 9.74. The predicted octanol–water partition coefficient (Wildman–Crippen LogP) is 3.77. The standard InChI is InChI=1S/C29H36N6O2/c1-18-10-21(13-22(11-18)23-16-32-34(5)17-23)15-31-27(36)26-14-25(12-19(2)33-26)35-9-8-29(28(35)37,20(3)30-4)24-6-7-24/h10-14,16-17,20,24,30H,6-9,15H2,1-5H3,(H,31,36)/t20?,29-/m1/s1. The zero-order chi connectivity index (χ0) is 26.3. The quantitative estimate of drug-likeness (QED) is 0.491. The molecule has 2 N–H and O–H groups in total. The van der Waals surface area contributed by atoms with Crippen LogP contribution in [-0.4, -0.2) is 46.2 Å². The lowest BCUT2D eigenvalue weighted by atomic mass is 9.75. The van der Waals surface area contributed by atoms with Crippen LogP contribution in [0.5, 0.6) is 0 Å². The number of benzene rings is 1. The second-order valence-electron chi connectivity index (χ2n) is 10.7. The van der Waals surface area contributed by atoms with Crippen molar-refractivity contribution in [3.8, 4) is 11.1 Å². The van der Waals surface area contributed by atoms with Gasteiger partial charge in [-0.25, -0.2) is 4.98 Å². The molecule has 37 heavy (non-hydrogen) atoms. The molecule has 194 valence electrons. The number of anilines is 1. The lowest BCUT2D eigenvalue weighted by Crippen LogP contribution is -2.49. The van der Waals surface area contributed by atoms with Crippen molar-refractivity contribution in [3.63, 3.8) is 0 Å². The Kier molecular flexibility index (Phi) is 6.62. The lowest BCUT2D eigenvalue weighted by Gasteiger charge is -2.34. The highest BCUT2D eigenvalue weighted by Crippen LogP contribution is 2.54. The van der Waals surface area contributed by atoms with Crippen LogP contribution in [0.4, 0.5) is 5.69 Å². The van der Waals surface area contributed by atoms with Gasteiger partial charge in [0.15, 0.2) is 0 Å². The van der Waals surface area contributed by atoms with Crippen LogP contribution in [0.3, 0.4) is 0 Å². The monoisotopic (exact) mass is 500 g/mol. The third-order valence-electron chi connectivity index (χ3n) is 8.01. The Morgan fingerprint density at radius 3 is 2.62 bits per heavy atom. The van der Waals surface area contributed by atoms with Crippen LogP contribution in [0, 0.1) is 25.2 Å². The third kappa shape index (κ3) is 4.78. The SMILES string of the molecule is CNC(C)[C@@]1(C2CC2)CCN(c2cc(C)nc(C(=O)NCc3cc(C)cc(-c4cnn(C)c4)c3)c2)C1=O. The molecule has 5 rings (SSSR count). The average Bonchev–Trinajstić information content (AvgIpc) is 3.54. The summed E-state index contributed by atoms with van der Waals surface area (Å²) < 4.78 is 1.78. The number of aryl methyl sites for hydroxylation is 3. The highest BCUT2D eigenvalue weighted by atomic mass is 16.2. The lowest BCUT2D eigenvalue weighted by molar-refractivity contribution is -0.128. The molecule has 1 aliphatic carbocycles. The fourth-order valence-electron chi connectivity index (χ4n) is 5.89. The molecule has 2 amide bonds. The Hall–Kier alpha value is -3.52. The van der Waals surface area contributed by atoms with Crippen molar-refractivity contribution < 1.29 is 9.59 Å². The van der Waals surface area contributed by atoms with Crippen molar-refractivity contribution in [2.45, 2.75) is 52.6 Å². The minimum atomic E-state index is -0.370. The molecule has 0 spiro atoms. The Morgan fingerprint density at radius 2 is 1.95 bits per heavy atom. The molecule has 1 aromatic carbocycles. The zero-order valence-corrected chi connectivity index (χ0v) is 22.3. The first-order chi connectivity index (χ1) is 17.7. The maximum absolute atomic E-state index is 13.8. The minimum absolute atomic E-state index is 0.106. The molecule has 1 saturated carbocycles. The van der Waals surface area contributed by atoms with E-state index >= 15 is 0 Å². The summed E-state index contributed by atoms with van der Waals surface area (Å²) in [6, 6.07) is 10.0. The van der Waals surface area contributed by atoms with Crippen molar-refractivity contribution >= 4 is 17.5 Å². The van der Waals surface area contributed by atoms with Crippen molar-refractivity contribution in [1.82, 2.24) is 25.4 Å². The van der Waals surface area contributed by atoms with Crippen LogP contribution < -0.4 is 15.5 Å². The highest BCUT2D eigenvalue weighted by Gasteiger charge is 2.58. The van der Waals surface area contributed by atoms with Crippen molar-refractivity contribution in [2.75, 3.05) is 18.5 Å². The zero-order valence-electron chi connectivity index (χ0n) is 22.3.